The lowest BCUT2D eigenvalue weighted by molar-refractivity contribution is -0.113. The Morgan fingerprint density at radius 3 is 2.77 bits per heavy atom. The Bertz CT molecular complexity index is 667. The highest BCUT2D eigenvalue weighted by atomic mass is 16.7. The van der Waals surface area contributed by atoms with Gasteiger partial charge in [0, 0.05) is 31.7 Å². The zero-order valence-corrected chi connectivity index (χ0v) is 12.7. The number of aromatic amines is 1. The van der Waals surface area contributed by atoms with Gasteiger partial charge in [0.1, 0.15) is 6.04 Å². The molecule has 1 N–H and O–H groups in total. The van der Waals surface area contributed by atoms with Crippen LogP contribution in [0.15, 0.2) is 24.4 Å². The van der Waals surface area contributed by atoms with Crippen molar-refractivity contribution in [2.24, 2.45) is 0 Å². The summed E-state index contributed by atoms with van der Waals surface area (Å²) in [6.45, 7) is 2.21. The Morgan fingerprint density at radius 2 is 2.14 bits per heavy atom. The zero-order chi connectivity index (χ0) is 15.7. The Labute approximate surface area is 128 Å². The van der Waals surface area contributed by atoms with Gasteiger partial charge in [0.25, 0.3) is 5.91 Å². The number of aromatic nitrogens is 3. The molecule has 0 aromatic carbocycles. The van der Waals surface area contributed by atoms with Gasteiger partial charge in [-0.1, -0.05) is 6.07 Å². The van der Waals surface area contributed by atoms with Crippen LogP contribution in [0.1, 0.15) is 33.5 Å². The van der Waals surface area contributed by atoms with E-state index in [1.807, 2.05) is 25.1 Å². The van der Waals surface area contributed by atoms with Gasteiger partial charge in [-0.15, -0.1) is 0 Å². The summed E-state index contributed by atoms with van der Waals surface area (Å²) in [5, 5.41) is 7.02. The van der Waals surface area contributed by atoms with Gasteiger partial charge in [-0.3, -0.25) is 14.9 Å². The van der Waals surface area contributed by atoms with Crippen molar-refractivity contribution < 1.29 is 14.3 Å². The first kappa shape index (κ1) is 14.7. The number of rotatable bonds is 5. The summed E-state index contributed by atoms with van der Waals surface area (Å²) in [6, 6.07) is 5.38. The third kappa shape index (κ3) is 2.28. The molecule has 2 aromatic rings. The van der Waals surface area contributed by atoms with Crippen molar-refractivity contribution in [3.63, 3.8) is 0 Å². The number of pyridine rings is 1. The molecule has 0 saturated carbocycles. The van der Waals surface area contributed by atoms with E-state index in [2.05, 4.69) is 15.2 Å². The first-order valence-electron chi connectivity index (χ1n) is 6.99. The number of amides is 1. The third-order valence-electron chi connectivity index (χ3n) is 3.88. The maximum absolute atomic E-state index is 12.7. The minimum Gasteiger partial charge on any atom is -0.354 e. The number of H-pyrrole nitrogens is 1. The topological polar surface area (TPSA) is 80.3 Å². The summed E-state index contributed by atoms with van der Waals surface area (Å²) in [5.41, 5.74) is 2.98. The molecule has 1 aliphatic heterocycles. The average molecular weight is 302 g/mol. The van der Waals surface area contributed by atoms with Crippen molar-refractivity contribution in [2.45, 2.75) is 19.3 Å². The summed E-state index contributed by atoms with van der Waals surface area (Å²) < 4.78 is 10.5. The summed E-state index contributed by atoms with van der Waals surface area (Å²) in [4.78, 5) is 18.8. The van der Waals surface area contributed by atoms with Gasteiger partial charge in [0.05, 0.1) is 12.2 Å². The maximum Gasteiger partial charge on any atom is 0.275 e. The molecular formula is C15H18N4O3. The number of methoxy groups -OCH3 is 2. The van der Waals surface area contributed by atoms with Crippen molar-refractivity contribution in [3.8, 4) is 0 Å². The quantitative estimate of drug-likeness (QED) is 0.842. The number of nitrogens with zero attached hydrogens (tertiary/aromatic N) is 3. The molecule has 0 bridgehead atoms. The lowest BCUT2D eigenvalue weighted by Gasteiger charge is -2.28. The van der Waals surface area contributed by atoms with E-state index in [4.69, 9.17) is 9.47 Å². The molecule has 1 atom stereocenters. The SMILES string of the molecule is COC(CN1C(=O)c2n[nH]c(C)c2C1c1ccccn1)OC. The Kier molecular flexibility index (Phi) is 3.91. The number of aryl methyl sites for hydroxylation is 1. The molecule has 1 aliphatic rings. The van der Waals surface area contributed by atoms with Crippen LogP contribution in [0.4, 0.5) is 0 Å². The van der Waals surface area contributed by atoms with Crippen LogP contribution >= 0.6 is 0 Å². The van der Waals surface area contributed by atoms with Crippen LogP contribution in [0.3, 0.4) is 0 Å². The number of carbonyl (C=O) groups is 1. The molecule has 0 saturated heterocycles. The second-order valence-corrected chi connectivity index (χ2v) is 5.13. The molecule has 3 rings (SSSR count). The number of hydrogen-bond acceptors (Lipinski definition) is 5. The van der Waals surface area contributed by atoms with E-state index in [0.29, 0.717) is 12.2 Å². The fourth-order valence-electron chi connectivity index (χ4n) is 2.78. The zero-order valence-electron chi connectivity index (χ0n) is 12.7. The molecule has 1 amide bonds. The van der Waals surface area contributed by atoms with Crippen LogP contribution in [-0.2, 0) is 9.47 Å². The fourth-order valence-corrected chi connectivity index (χ4v) is 2.78. The van der Waals surface area contributed by atoms with Crippen LogP contribution in [0, 0.1) is 6.92 Å². The van der Waals surface area contributed by atoms with E-state index in [0.717, 1.165) is 17.0 Å². The predicted molar refractivity (Wildman–Crippen MR) is 78.2 cm³/mol. The van der Waals surface area contributed by atoms with Crippen molar-refractivity contribution in [1.82, 2.24) is 20.1 Å². The second kappa shape index (κ2) is 5.86. The van der Waals surface area contributed by atoms with Crippen molar-refractivity contribution in [1.29, 1.82) is 0 Å². The highest BCUT2D eigenvalue weighted by Gasteiger charge is 2.42. The molecule has 116 valence electrons. The standard InChI is InChI=1S/C15H18N4O3/c1-9-12-13(18-17-9)15(20)19(8-11(21-2)22-3)14(12)10-6-4-5-7-16-10/h4-7,11,14H,8H2,1-3H3,(H,17,18). The number of fused-ring (bicyclic) bond motifs is 1. The summed E-state index contributed by atoms with van der Waals surface area (Å²) in [5.74, 6) is -0.144. The first-order chi connectivity index (χ1) is 10.7. The highest BCUT2D eigenvalue weighted by Crippen LogP contribution is 2.38. The van der Waals surface area contributed by atoms with E-state index >= 15 is 0 Å². The largest absolute Gasteiger partial charge is 0.354 e. The van der Waals surface area contributed by atoms with E-state index in [-0.39, 0.29) is 11.9 Å². The molecule has 0 aliphatic carbocycles. The molecule has 22 heavy (non-hydrogen) atoms. The van der Waals surface area contributed by atoms with E-state index in [1.54, 1.807) is 25.3 Å². The smallest absolute Gasteiger partial charge is 0.275 e. The van der Waals surface area contributed by atoms with Crippen molar-refractivity contribution in [2.75, 3.05) is 20.8 Å². The summed E-state index contributed by atoms with van der Waals surface area (Å²) in [7, 11) is 3.10. The Balaban J connectivity index is 2.03. The van der Waals surface area contributed by atoms with Crippen LogP contribution in [-0.4, -0.2) is 53.0 Å². The normalized spacial score (nSPS) is 17.4. The third-order valence-corrected chi connectivity index (χ3v) is 3.88. The Hall–Kier alpha value is -2.25. The van der Waals surface area contributed by atoms with Gasteiger partial charge in [-0.2, -0.15) is 5.10 Å². The number of hydrogen-bond donors (Lipinski definition) is 1. The lowest BCUT2D eigenvalue weighted by atomic mass is 10.0. The molecule has 0 spiro atoms. The van der Waals surface area contributed by atoms with Crippen LogP contribution in [0.2, 0.25) is 0 Å². The average Bonchev–Trinajstić information content (AvgIpc) is 3.05. The van der Waals surface area contributed by atoms with Crippen molar-refractivity contribution >= 4 is 5.91 Å². The second-order valence-electron chi connectivity index (χ2n) is 5.13. The Morgan fingerprint density at radius 1 is 1.36 bits per heavy atom. The molecule has 0 fully saturated rings. The van der Waals surface area contributed by atoms with Gasteiger partial charge in [0.2, 0.25) is 0 Å². The van der Waals surface area contributed by atoms with E-state index < -0.39 is 6.29 Å². The molecule has 1 unspecified atom stereocenters. The van der Waals surface area contributed by atoms with Crippen LogP contribution in [0.5, 0.6) is 0 Å². The molecule has 7 heteroatoms. The van der Waals surface area contributed by atoms with E-state index in [9.17, 15) is 4.79 Å². The lowest BCUT2D eigenvalue weighted by Crippen LogP contribution is -2.38. The number of ether oxygens (including phenoxy) is 2. The minimum absolute atomic E-state index is 0.144. The highest BCUT2D eigenvalue weighted by molar-refractivity contribution is 5.98. The number of nitrogens with one attached hydrogen (secondary N) is 1. The monoisotopic (exact) mass is 302 g/mol. The first-order valence-corrected chi connectivity index (χ1v) is 6.99. The fraction of sp³-hybridized carbons (Fsp3) is 0.400. The van der Waals surface area contributed by atoms with E-state index in [1.165, 1.54) is 0 Å². The molecule has 2 aromatic heterocycles. The van der Waals surface area contributed by atoms with Crippen LogP contribution in [0.25, 0.3) is 0 Å². The minimum atomic E-state index is -0.497. The van der Waals surface area contributed by atoms with Crippen LogP contribution < -0.4 is 0 Å². The molecule has 0 radical (unpaired) electrons. The predicted octanol–water partition coefficient (Wildman–Crippen LogP) is 1.28. The maximum atomic E-state index is 12.7. The summed E-state index contributed by atoms with van der Waals surface area (Å²) >= 11 is 0. The molecule has 3 heterocycles. The van der Waals surface area contributed by atoms with Gasteiger partial charge in [-0.05, 0) is 19.1 Å². The van der Waals surface area contributed by atoms with Gasteiger partial charge >= 0.3 is 0 Å². The summed E-state index contributed by atoms with van der Waals surface area (Å²) in [6.07, 6.45) is 1.22. The molecule has 7 nitrogen and oxygen atoms in total. The molecular weight excluding hydrogens is 284 g/mol. The van der Waals surface area contributed by atoms with Crippen molar-refractivity contribution in [3.05, 3.63) is 47.0 Å². The van der Waals surface area contributed by atoms with Gasteiger partial charge in [-0.25, -0.2) is 0 Å². The number of carbonyl (C=O) groups excluding carboxylic acids is 1. The van der Waals surface area contributed by atoms with Gasteiger partial charge in [0.15, 0.2) is 12.0 Å². The van der Waals surface area contributed by atoms with Gasteiger partial charge < -0.3 is 14.4 Å².